The van der Waals surface area contributed by atoms with E-state index in [9.17, 15) is 4.79 Å². The van der Waals surface area contributed by atoms with E-state index < -0.39 is 0 Å². The van der Waals surface area contributed by atoms with Crippen LogP contribution >= 0.6 is 0 Å². The zero-order valence-electron chi connectivity index (χ0n) is 17.6. The summed E-state index contributed by atoms with van der Waals surface area (Å²) in [6, 6.07) is 7.87. The number of benzene rings is 1. The number of hydrogen-bond donors (Lipinski definition) is 0. The first-order valence-electron chi connectivity index (χ1n) is 10.2. The molecule has 1 amide bonds. The largest absolute Gasteiger partial charge is 0.377 e. The van der Waals surface area contributed by atoms with Gasteiger partial charge in [-0.25, -0.2) is 4.98 Å². The van der Waals surface area contributed by atoms with Gasteiger partial charge >= 0.3 is 0 Å². The van der Waals surface area contributed by atoms with E-state index in [-0.39, 0.29) is 5.91 Å². The highest BCUT2D eigenvalue weighted by Crippen LogP contribution is 2.28. The Balaban J connectivity index is 1.72. The van der Waals surface area contributed by atoms with E-state index in [1.807, 2.05) is 54.4 Å². The van der Waals surface area contributed by atoms with Crippen molar-refractivity contribution in [1.29, 1.82) is 0 Å². The average molecular weight is 384 g/mol. The SMILES string of the molecule is CN(C)CCCn1ccnc1C1CCCN(C(=O)c2ccccc2N(C)C)C1. The number of imidazole rings is 1. The molecule has 1 saturated heterocycles. The predicted molar refractivity (Wildman–Crippen MR) is 114 cm³/mol. The van der Waals surface area contributed by atoms with Crippen LogP contribution < -0.4 is 4.90 Å². The summed E-state index contributed by atoms with van der Waals surface area (Å²) >= 11 is 0. The molecule has 0 spiro atoms. The van der Waals surface area contributed by atoms with E-state index in [4.69, 9.17) is 0 Å². The summed E-state index contributed by atoms with van der Waals surface area (Å²) in [6.07, 6.45) is 7.18. The Morgan fingerprint density at radius 3 is 2.75 bits per heavy atom. The van der Waals surface area contributed by atoms with Crippen LogP contribution in [0.5, 0.6) is 0 Å². The Hall–Kier alpha value is -2.34. The molecule has 28 heavy (non-hydrogen) atoms. The fraction of sp³-hybridized carbons (Fsp3) is 0.545. The van der Waals surface area contributed by atoms with Crippen LogP contribution in [0.15, 0.2) is 36.7 Å². The van der Waals surface area contributed by atoms with Crippen molar-refractivity contribution in [1.82, 2.24) is 19.4 Å². The van der Waals surface area contributed by atoms with Crippen molar-refractivity contribution in [3.63, 3.8) is 0 Å². The van der Waals surface area contributed by atoms with Gasteiger partial charge in [0.1, 0.15) is 5.82 Å². The zero-order valence-corrected chi connectivity index (χ0v) is 17.6. The van der Waals surface area contributed by atoms with E-state index in [0.29, 0.717) is 5.92 Å². The van der Waals surface area contributed by atoms with Crippen molar-refractivity contribution in [2.24, 2.45) is 0 Å². The van der Waals surface area contributed by atoms with E-state index in [1.54, 1.807) is 0 Å². The number of para-hydroxylation sites is 1. The van der Waals surface area contributed by atoms with Crippen molar-refractivity contribution in [3.8, 4) is 0 Å². The van der Waals surface area contributed by atoms with Gasteiger partial charge in [-0.2, -0.15) is 0 Å². The molecule has 1 aromatic carbocycles. The summed E-state index contributed by atoms with van der Waals surface area (Å²) in [6.45, 7) is 3.60. The summed E-state index contributed by atoms with van der Waals surface area (Å²) in [4.78, 5) is 24.1. The Kier molecular flexibility index (Phi) is 6.73. The molecule has 6 heteroatoms. The minimum Gasteiger partial charge on any atom is -0.377 e. The minimum absolute atomic E-state index is 0.125. The van der Waals surface area contributed by atoms with Crippen LogP contribution in [0.3, 0.4) is 0 Å². The van der Waals surface area contributed by atoms with Crippen LogP contribution in [0.25, 0.3) is 0 Å². The number of amides is 1. The normalized spacial score (nSPS) is 17.2. The molecule has 2 aromatic rings. The third-order valence-electron chi connectivity index (χ3n) is 5.44. The molecule has 1 aliphatic rings. The maximum absolute atomic E-state index is 13.2. The molecule has 152 valence electrons. The average Bonchev–Trinajstić information content (AvgIpc) is 3.15. The second-order valence-electron chi connectivity index (χ2n) is 8.14. The molecule has 0 bridgehead atoms. The minimum atomic E-state index is 0.125. The van der Waals surface area contributed by atoms with Crippen molar-refractivity contribution in [2.75, 3.05) is 52.7 Å². The van der Waals surface area contributed by atoms with Crippen LogP contribution in [0, 0.1) is 0 Å². The lowest BCUT2D eigenvalue weighted by Gasteiger charge is -2.33. The van der Waals surface area contributed by atoms with Crippen molar-refractivity contribution in [3.05, 3.63) is 48.0 Å². The van der Waals surface area contributed by atoms with Gasteiger partial charge in [0.25, 0.3) is 5.91 Å². The Morgan fingerprint density at radius 2 is 2.00 bits per heavy atom. The Bertz CT molecular complexity index is 783. The van der Waals surface area contributed by atoms with E-state index in [1.165, 1.54) is 0 Å². The van der Waals surface area contributed by atoms with E-state index in [2.05, 4.69) is 34.7 Å². The van der Waals surface area contributed by atoms with Crippen molar-refractivity contribution in [2.45, 2.75) is 31.7 Å². The van der Waals surface area contributed by atoms with Crippen LogP contribution in [-0.4, -0.2) is 73.1 Å². The highest BCUT2D eigenvalue weighted by Gasteiger charge is 2.29. The van der Waals surface area contributed by atoms with Crippen LogP contribution in [0.1, 0.15) is 41.4 Å². The zero-order chi connectivity index (χ0) is 20.1. The molecule has 3 rings (SSSR count). The number of nitrogens with zero attached hydrogens (tertiary/aromatic N) is 5. The van der Waals surface area contributed by atoms with E-state index >= 15 is 0 Å². The smallest absolute Gasteiger partial charge is 0.255 e. The van der Waals surface area contributed by atoms with Gasteiger partial charge in [-0.3, -0.25) is 4.79 Å². The fourth-order valence-electron chi connectivity index (χ4n) is 4.01. The Morgan fingerprint density at radius 1 is 1.21 bits per heavy atom. The summed E-state index contributed by atoms with van der Waals surface area (Å²) < 4.78 is 2.27. The topological polar surface area (TPSA) is 44.6 Å². The molecule has 0 aliphatic carbocycles. The van der Waals surface area contributed by atoms with Gasteiger partial charge in [0.2, 0.25) is 0 Å². The first kappa shape index (κ1) is 20.4. The molecule has 1 aromatic heterocycles. The van der Waals surface area contributed by atoms with Crippen LogP contribution in [0.4, 0.5) is 5.69 Å². The third-order valence-corrected chi connectivity index (χ3v) is 5.44. The lowest BCUT2D eigenvalue weighted by Crippen LogP contribution is -2.40. The molecule has 6 nitrogen and oxygen atoms in total. The third kappa shape index (κ3) is 4.73. The number of carbonyl (C=O) groups excluding carboxylic acids is 1. The molecule has 0 N–H and O–H groups in total. The van der Waals surface area contributed by atoms with Crippen LogP contribution in [0.2, 0.25) is 0 Å². The van der Waals surface area contributed by atoms with Gasteiger partial charge in [-0.1, -0.05) is 12.1 Å². The standard InChI is InChI=1S/C22H33N5O/c1-24(2)13-8-15-26-16-12-23-21(26)18-9-7-14-27(17-18)22(28)19-10-5-6-11-20(19)25(3)4/h5-6,10-12,16,18H,7-9,13-15,17H2,1-4H3. The maximum atomic E-state index is 13.2. The van der Waals surface area contributed by atoms with Gasteiger partial charge in [-0.05, 0) is 52.0 Å². The molecule has 0 saturated carbocycles. The quantitative estimate of drug-likeness (QED) is 0.737. The van der Waals surface area contributed by atoms with Gasteiger partial charge < -0.3 is 19.3 Å². The first-order chi connectivity index (χ1) is 13.5. The summed E-state index contributed by atoms with van der Waals surface area (Å²) in [5.74, 6) is 1.55. The molecular formula is C22H33N5O. The number of aromatic nitrogens is 2. The van der Waals surface area contributed by atoms with Gasteiger partial charge in [0.15, 0.2) is 0 Å². The summed E-state index contributed by atoms with van der Waals surface area (Å²) in [5.41, 5.74) is 1.75. The summed E-state index contributed by atoms with van der Waals surface area (Å²) in [7, 11) is 8.17. The fourth-order valence-corrected chi connectivity index (χ4v) is 4.01. The molecular weight excluding hydrogens is 350 g/mol. The number of hydrogen-bond acceptors (Lipinski definition) is 4. The number of carbonyl (C=O) groups is 1. The number of anilines is 1. The molecule has 1 fully saturated rings. The lowest BCUT2D eigenvalue weighted by atomic mass is 9.96. The predicted octanol–water partition coefficient (Wildman–Crippen LogP) is 2.92. The number of piperidine rings is 1. The van der Waals surface area contributed by atoms with Crippen LogP contribution in [-0.2, 0) is 6.54 Å². The van der Waals surface area contributed by atoms with Gasteiger partial charge in [0, 0.05) is 57.7 Å². The molecule has 1 unspecified atom stereocenters. The van der Waals surface area contributed by atoms with Crippen molar-refractivity contribution < 1.29 is 4.79 Å². The Labute approximate surface area is 168 Å². The van der Waals surface area contributed by atoms with Gasteiger partial charge in [0.05, 0.1) is 5.56 Å². The van der Waals surface area contributed by atoms with Gasteiger partial charge in [-0.15, -0.1) is 0 Å². The lowest BCUT2D eigenvalue weighted by molar-refractivity contribution is 0.0704. The number of aryl methyl sites for hydroxylation is 1. The highest BCUT2D eigenvalue weighted by molar-refractivity contribution is 5.99. The first-order valence-corrected chi connectivity index (χ1v) is 10.2. The second-order valence-corrected chi connectivity index (χ2v) is 8.14. The monoisotopic (exact) mass is 383 g/mol. The molecule has 0 radical (unpaired) electrons. The van der Waals surface area contributed by atoms with Crippen molar-refractivity contribution >= 4 is 11.6 Å². The maximum Gasteiger partial charge on any atom is 0.255 e. The molecule has 1 atom stereocenters. The molecule has 2 heterocycles. The van der Waals surface area contributed by atoms with E-state index in [0.717, 1.165) is 62.5 Å². The summed E-state index contributed by atoms with van der Waals surface area (Å²) in [5, 5.41) is 0. The molecule has 1 aliphatic heterocycles. The number of likely N-dealkylation sites (tertiary alicyclic amines) is 1. The highest BCUT2D eigenvalue weighted by atomic mass is 16.2. The second kappa shape index (κ2) is 9.24. The number of rotatable bonds is 7.